The van der Waals surface area contributed by atoms with Crippen LogP contribution in [0.4, 0.5) is 4.39 Å². The molecule has 0 saturated carbocycles. The maximum absolute atomic E-state index is 13.5. The Morgan fingerprint density at radius 1 is 0.889 bits per heavy atom. The first-order valence-corrected chi connectivity index (χ1v) is 8.09. The molecule has 3 aromatic rings. The van der Waals surface area contributed by atoms with Crippen LogP contribution in [0.2, 0.25) is 0 Å². The van der Waals surface area contributed by atoms with Crippen molar-refractivity contribution in [1.82, 2.24) is 5.43 Å². The highest BCUT2D eigenvalue weighted by Crippen LogP contribution is 2.13. The zero-order chi connectivity index (χ0) is 19.1. The van der Waals surface area contributed by atoms with Gasteiger partial charge in [0.25, 0.3) is 5.91 Å². The monoisotopic (exact) mass is 362 g/mol. The first-order chi connectivity index (χ1) is 13.1. The van der Waals surface area contributed by atoms with Crippen LogP contribution in [0.1, 0.15) is 26.3 Å². The topological polar surface area (TPSA) is 67.8 Å². The molecule has 0 atom stereocenters. The number of benzene rings is 3. The van der Waals surface area contributed by atoms with E-state index in [4.69, 9.17) is 4.74 Å². The summed E-state index contributed by atoms with van der Waals surface area (Å²) in [7, 11) is 0. The fourth-order valence-corrected chi connectivity index (χ4v) is 2.23. The summed E-state index contributed by atoms with van der Waals surface area (Å²) in [5.74, 6) is -1.32. The van der Waals surface area contributed by atoms with Crippen LogP contribution in [0, 0.1) is 5.82 Å². The Bertz CT molecular complexity index is 970. The highest BCUT2D eigenvalue weighted by atomic mass is 19.1. The molecule has 3 aromatic carbocycles. The summed E-state index contributed by atoms with van der Waals surface area (Å²) in [6.07, 6.45) is 1.40. The van der Waals surface area contributed by atoms with E-state index in [0.29, 0.717) is 16.9 Å². The summed E-state index contributed by atoms with van der Waals surface area (Å²) in [5, 5.41) is 3.80. The van der Waals surface area contributed by atoms with Gasteiger partial charge in [-0.05, 0) is 54.1 Å². The third-order valence-corrected chi connectivity index (χ3v) is 3.60. The maximum atomic E-state index is 13.5. The minimum atomic E-state index is -0.641. The second-order valence-corrected chi connectivity index (χ2v) is 5.50. The number of carbonyl (C=O) groups excluding carboxylic acids is 2. The molecule has 6 heteroatoms. The summed E-state index contributed by atoms with van der Waals surface area (Å²) in [6.45, 7) is 0. The third-order valence-electron chi connectivity index (χ3n) is 3.60. The Labute approximate surface area is 155 Å². The molecule has 0 fully saturated rings. The van der Waals surface area contributed by atoms with E-state index in [9.17, 15) is 14.0 Å². The third kappa shape index (κ3) is 4.85. The number of carbonyl (C=O) groups is 2. The van der Waals surface area contributed by atoms with Crippen molar-refractivity contribution in [3.8, 4) is 5.75 Å². The first kappa shape index (κ1) is 18.0. The summed E-state index contributed by atoms with van der Waals surface area (Å²) >= 11 is 0. The van der Waals surface area contributed by atoms with Crippen molar-refractivity contribution in [2.24, 2.45) is 5.10 Å². The number of nitrogens with zero attached hydrogens (tertiary/aromatic N) is 1. The number of ether oxygens (including phenoxy) is 1. The summed E-state index contributed by atoms with van der Waals surface area (Å²) < 4.78 is 18.8. The van der Waals surface area contributed by atoms with Crippen LogP contribution in [-0.2, 0) is 0 Å². The molecule has 0 aliphatic rings. The molecule has 0 saturated heterocycles. The standard InChI is InChI=1S/C21H15FN2O3/c22-19-9-5-4-8-18(19)20(25)24-23-14-15-10-12-17(13-11-15)27-21(26)16-6-2-1-3-7-16/h1-14H,(H,24,25)/b23-14-. The molecule has 0 unspecified atom stereocenters. The summed E-state index contributed by atoms with van der Waals surface area (Å²) in [6, 6.07) is 20.9. The number of rotatable bonds is 5. The zero-order valence-corrected chi connectivity index (χ0v) is 14.1. The van der Waals surface area contributed by atoms with Crippen LogP contribution in [0.15, 0.2) is 84.0 Å². The van der Waals surface area contributed by atoms with Crippen LogP contribution in [0.3, 0.4) is 0 Å². The van der Waals surface area contributed by atoms with E-state index >= 15 is 0 Å². The van der Waals surface area contributed by atoms with Gasteiger partial charge in [0.15, 0.2) is 0 Å². The lowest BCUT2D eigenvalue weighted by Gasteiger charge is -2.04. The average Bonchev–Trinajstić information content (AvgIpc) is 2.70. The molecule has 3 rings (SSSR count). The molecule has 0 aliphatic heterocycles. The fraction of sp³-hybridized carbons (Fsp3) is 0. The SMILES string of the molecule is O=C(Oc1ccc(/C=N\NC(=O)c2ccccc2F)cc1)c1ccccc1. The Kier molecular flexibility index (Phi) is 5.69. The largest absolute Gasteiger partial charge is 0.423 e. The Balaban J connectivity index is 1.57. The highest BCUT2D eigenvalue weighted by Gasteiger charge is 2.09. The first-order valence-electron chi connectivity index (χ1n) is 8.09. The number of esters is 1. The fourth-order valence-electron chi connectivity index (χ4n) is 2.23. The molecule has 0 radical (unpaired) electrons. The predicted molar refractivity (Wildman–Crippen MR) is 99.3 cm³/mol. The quantitative estimate of drug-likeness (QED) is 0.325. The number of halogens is 1. The number of nitrogens with one attached hydrogen (secondary N) is 1. The lowest BCUT2D eigenvalue weighted by Crippen LogP contribution is -2.18. The molecule has 0 aliphatic carbocycles. The van der Waals surface area contributed by atoms with E-state index in [1.54, 1.807) is 54.6 Å². The Morgan fingerprint density at radius 2 is 1.56 bits per heavy atom. The lowest BCUT2D eigenvalue weighted by molar-refractivity contribution is 0.0734. The van der Waals surface area contributed by atoms with E-state index in [-0.39, 0.29) is 5.56 Å². The van der Waals surface area contributed by atoms with Crippen LogP contribution < -0.4 is 10.2 Å². The van der Waals surface area contributed by atoms with Crippen LogP contribution >= 0.6 is 0 Å². The van der Waals surface area contributed by atoms with Gasteiger partial charge in [-0.2, -0.15) is 5.10 Å². The minimum Gasteiger partial charge on any atom is -0.423 e. The smallest absolute Gasteiger partial charge is 0.343 e. The lowest BCUT2D eigenvalue weighted by atomic mass is 10.2. The molecule has 0 aromatic heterocycles. The molecule has 1 N–H and O–H groups in total. The van der Waals surface area contributed by atoms with Crippen molar-refractivity contribution >= 4 is 18.1 Å². The van der Waals surface area contributed by atoms with Gasteiger partial charge in [-0.15, -0.1) is 0 Å². The number of amides is 1. The molecule has 134 valence electrons. The van der Waals surface area contributed by atoms with Crippen molar-refractivity contribution in [2.45, 2.75) is 0 Å². The Morgan fingerprint density at radius 3 is 2.26 bits per heavy atom. The van der Waals surface area contributed by atoms with E-state index in [1.807, 2.05) is 6.07 Å². The van der Waals surface area contributed by atoms with Crippen molar-refractivity contribution < 1.29 is 18.7 Å². The zero-order valence-electron chi connectivity index (χ0n) is 14.1. The van der Waals surface area contributed by atoms with Crippen LogP contribution in [0.25, 0.3) is 0 Å². The Hall–Kier alpha value is -3.80. The molecule has 0 bridgehead atoms. The summed E-state index contributed by atoms with van der Waals surface area (Å²) in [5.41, 5.74) is 3.30. The van der Waals surface area contributed by atoms with E-state index in [0.717, 1.165) is 0 Å². The van der Waals surface area contributed by atoms with Gasteiger partial charge in [0.05, 0.1) is 17.3 Å². The van der Waals surface area contributed by atoms with Gasteiger partial charge in [-0.3, -0.25) is 4.79 Å². The molecule has 0 heterocycles. The number of hydrazone groups is 1. The van der Waals surface area contributed by atoms with Gasteiger partial charge in [0, 0.05) is 0 Å². The average molecular weight is 362 g/mol. The van der Waals surface area contributed by atoms with E-state index in [1.165, 1.54) is 24.4 Å². The van der Waals surface area contributed by atoms with Crippen molar-refractivity contribution in [3.05, 3.63) is 101 Å². The molecule has 5 nitrogen and oxygen atoms in total. The van der Waals surface area contributed by atoms with Gasteiger partial charge in [0.2, 0.25) is 0 Å². The minimum absolute atomic E-state index is 0.0853. The molecule has 27 heavy (non-hydrogen) atoms. The van der Waals surface area contributed by atoms with Gasteiger partial charge in [-0.25, -0.2) is 14.6 Å². The maximum Gasteiger partial charge on any atom is 0.343 e. The molecule has 1 amide bonds. The van der Waals surface area contributed by atoms with Gasteiger partial charge in [0.1, 0.15) is 11.6 Å². The van der Waals surface area contributed by atoms with E-state index < -0.39 is 17.7 Å². The second kappa shape index (κ2) is 8.53. The van der Waals surface area contributed by atoms with Gasteiger partial charge < -0.3 is 4.74 Å². The molecule has 0 spiro atoms. The second-order valence-electron chi connectivity index (χ2n) is 5.50. The van der Waals surface area contributed by atoms with Gasteiger partial charge >= 0.3 is 5.97 Å². The highest BCUT2D eigenvalue weighted by molar-refractivity contribution is 5.95. The number of hydrogen-bond acceptors (Lipinski definition) is 4. The van der Waals surface area contributed by atoms with Crippen molar-refractivity contribution in [2.75, 3.05) is 0 Å². The van der Waals surface area contributed by atoms with E-state index in [2.05, 4.69) is 10.5 Å². The molecular formula is C21H15FN2O3. The van der Waals surface area contributed by atoms with Gasteiger partial charge in [-0.1, -0.05) is 30.3 Å². The van der Waals surface area contributed by atoms with Crippen LogP contribution in [-0.4, -0.2) is 18.1 Å². The molecular weight excluding hydrogens is 347 g/mol. The van der Waals surface area contributed by atoms with Crippen LogP contribution in [0.5, 0.6) is 5.75 Å². The normalized spacial score (nSPS) is 10.6. The summed E-state index contributed by atoms with van der Waals surface area (Å²) in [4.78, 5) is 23.8. The number of hydrogen-bond donors (Lipinski definition) is 1. The van der Waals surface area contributed by atoms with Crippen molar-refractivity contribution in [3.63, 3.8) is 0 Å². The van der Waals surface area contributed by atoms with Crippen molar-refractivity contribution in [1.29, 1.82) is 0 Å². The predicted octanol–water partition coefficient (Wildman–Crippen LogP) is 3.81.